The number of nitrogens with zero attached hydrogens (tertiary/aromatic N) is 1. The molecule has 3 rings (SSSR count). The van der Waals surface area contributed by atoms with Crippen molar-refractivity contribution >= 4 is 34.0 Å². The van der Waals surface area contributed by atoms with Crippen molar-refractivity contribution in [1.82, 2.24) is 0 Å². The van der Waals surface area contributed by atoms with Crippen molar-refractivity contribution in [3.8, 4) is 0 Å². The van der Waals surface area contributed by atoms with E-state index in [2.05, 4.69) is 73.3 Å². The van der Waals surface area contributed by atoms with Gasteiger partial charge in [0.05, 0.1) is 4.88 Å². The van der Waals surface area contributed by atoms with Crippen molar-refractivity contribution in [2.75, 3.05) is 4.90 Å². The van der Waals surface area contributed by atoms with E-state index in [4.69, 9.17) is 0 Å². The normalized spacial score (nSPS) is 11.1. The van der Waals surface area contributed by atoms with Gasteiger partial charge in [-0.05, 0) is 73.2 Å². The third kappa shape index (κ3) is 9.24. The quantitative estimate of drug-likeness (QED) is 0.127. The molecule has 0 aliphatic rings. The molecule has 0 unspecified atom stereocenters. The Bertz CT molecular complexity index is 930. The van der Waals surface area contributed by atoms with Crippen LogP contribution in [-0.2, 0) is 12.8 Å². The molecule has 0 N–H and O–H groups in total. The standard InChI is InChI=1S/C33H45NOS/c1-3-5-7-9-11-13-15-28-17-21-30(22-18-28)34(33-26-25-32(27-35)36-33)31-23-19-29(20-24-31)16-14-12-10-8-6-4-2/h17-27H,3-16H2,1-2H3. The number of aryl methyl sites for hydroxylation is 2. The predicted octanol–water partition coefficient (Wildman–Crippen LogP) is 10.8. The molecule has 0 spiro atoms. The van der Waals surface area contributed by atoms with Crippen LogP contribution in [0, 0.1) is 0 Å². The molecule has 36 heavy (non-hydrogen) atoms. The molecule has 1 aromatic heterocycles. The SMILES string of the molecule is CCCCCCCCc1ccc(N(c2ccc(CCCCCCCC)cc2)c2ccc(C=O)s2)cc1. The van der Waals surface area contributed by atoms with Crippen LogP contribution in [0.15, 0.2) is 60.7 Å². The fourth-order valence-electron chi connectivity index (χ4n) is 4.77. The second-order valence-electron chi connectivity index (χ2n) is 10.00. The maximum atomic E-state index is 11.4. The summed E-state index contributed by atoms with van der Waals surface area (Å²) in [6.07, 6.45) is 19.2. The summed E-state index contributed by atoms with van der Waals surface area (Å²) in [6.45, 7) is 4.54. The lowest BCUT2D eigenvalue weighted by Crippen LogP contribution is -2.08. The molecule has 2 aromatic carbocycles. The van der Waals surface area contributed by atoms with Gasteiger partial charge in [-0.2, -0.15) is 0 Å². The molecule has 3 aromatic rings. The maximum absolute atomic E-state index is 11.4. The third-order valence-corrected chi connectivity index (χ3v) is 7.97. The predicted molar refractivity (Wildman–Crippen MR) is 159 cm³/mol. The summed E-state index contributed by atoms with van der Waals surface area (Å²) in [5.74, 6) is 0. The van der Waals surface area contributed by atoms with E-state index >= 15 is 0 Å². The first-order chi connectivity index (χ1) is 17.7. The van der Waals surface area contributed by atoms with Crippen LogP contribution in [0.4, 0.5) is 16.4 Å². The van der Waals surface area contributed by atoms with Gasteiger partial charge in [-0.15, -0.1) is 11.3 Å². The van der Waals surface area contributed by atoms with E-state index in [1.807, 2.05) is 6.07 Å². The highest BCUT2D eigenvalue weighted by atomic mass is 32.1. The number of rotatable bonds is 18. The third-order valence-electron chi connectivity index (χ3n) is 6.98. The molecule has 0 saturated heterocycles. The van der Waals surface area contributed by atoms with Crippen molar-refractivity contribution in [3.05, 3.63) is 76.7 Å². The lowest BCUT2D eigenvalue weighted by atomic mass is 10.0. The van der Waals surface area contributed by atoms with Crippen molar-refractivity contribution in [3.63, 3.8) is 0 Å². The number of benzene rings is 2. The zero-order valence-electron chi connectivity index (χ0n) is 22.5. The van der Waals surface area contributed by atoms with E-state index in [-0.39, 0.29) is 0 Å². The molecule has 0 bridgehead atoms. The van der Waals surface area contributed by atoms with Crippen LogP contribution in [0.3, 0.4) is 0 Å². The summed E-state index contributed by atoms with van der Waals surface area (Å²) in [7, 11) is 0. The van der Waals surface area contributed by atoms with Crippen LogP contribution in [-0.4, -0.2) is 6.29 Å². The molecule has 0 atom stereocenters. The van der Waals surface area contributed by atoms with Gasteiger partial charge in [0.25, 0.3) is 0 Å². The van der Waals surface area contributed by atoms with Crippen LogP contribution in [0.25, 0.3) is 0 Å². The second kappa shape index (κ2) is 16.4. The summed E-state index contributed by atoms with van der Waals surface area (Å²) in [6, 6.07) is 22.0. The molecule has 0 fully saturated rings. The van der Waals surface area contributed by atoms with E-state index < -0.39 is 0 Å². The Morgan fingerprint density at radius 1 is 0.583 bits per heavy atom. The minimum absolute atomic E-state index is 0.759. The number of hydrogen-bond acceptors (Lipinski definition) is 3. The number of carbonyl (C=O) groups excluding carboxylic acids is 1. The Balaban J connectivity index is 1.65. The Kier molecular flexibility index (Phi) is 12.8. The van der Waals surface area contributed by atoms with Gasteiger partial charge in [0.15, 0.2) is 6.29 Å². The molecule has 3 heteroatoms. The highest BCUT2D eigenvalue weighted by molar-refractivity contribution is 7.17. The molecule has 194 valence electrons. The van der Waals surface area contributed by atoms with Crippen molar-refractivity contribution in [2.24, 2.45) is 0 Å². The van der Waals surface area contributed by atoms with E-state index in [1.54, 1.807) is 11.3 Å². The minimum atomic E-state index is 0.759. The molecule has 0 saturated carbocycles. The average Bonchev–Trinajstić information content (AvgIpc) is 3.39. The van der Waals surface area contributed by atoms with Gasteiger partial charge >= 0.3 is 0 Å². The molecule has 0 amide bonds. The summed E-state index contributed by atoms with van der Waals surface area (Å²) in [5.41, 5.74) is 5.10. The Morgan fingerprint density at radius 3 is 1.44 bits per heavy atom. The average molecular weight is 504 g/mol. The summed E-state index contributed by atoms with van der Waals surface area (Å²) in [5, 5.41) is 1.07. The fourth-order valence-corrected chi connectivity index (χ4v) is 5.64. The maximum Gasteiger partial charge on any atom is 0.160 e. The van der Waals surface area contributed by atoms with E-state index in [1.165, 1.54) is 88.2 Å². The Hall–Kier alpha value is -2.39. The van der Waals surface area contributed by atoms with E-state index in [0.29, 0.717) is 0 Å². The number of hydrogen-bond donors (Lipinski definition) is 0. The molecule has 2 nitrogen and oxygen atoms in total. The second-order valence-corrected chi connectivity index (χ2v) is 11.1. The summed E-state index contributed by atoms with van der Waals surface area (Å²) in [4.78, 5) is 14.4. The van der Waals surface area contributed by atoms with Gasteiger partial charge in [-0.3, -0.25) is 4.79 Å². The molecule has 0 aliphatic carbocycles. The molecular formula is C33H45NOS. The van der Waals surface area contributed by atoms with Crippen LogP contribution in [0.5, 0.6) is 0 Å². The van der Waals surface area contributed by atoms with Crippen LogP contribution < -0.4 is 4.90 Å². The number of aldehydes is 1. The first-order valence-electron chi connectivity index (χ1n) is 14.3. The molecule has 0 radical (unpaired) electrons. The lowest BCUT2D eigenvalue weighted by molar-refractivity contribution is 0.112. The highest BCUT2D eigenvalue weighted by Crippen LogP contribution is 2.38. The van der Waals surface area contributed by atoms with E-state index in [9.17, 15) is 4.79 Å². The van der Waals surface area contributed by atoms with Gasteiger partial charge in [0.1, 0.15) is 5.00 Å². The van der Waals surface area contributed by atoms with Crippen molar-refractivity contribution < 1.29 is 4.79 Å². The highest BCUT2D eigenvalue weighted by Gasteiger charge is 2.15. The molecule has 0 aliphatic heterocycles. The number of anilines is 3. The number of unbranched alkanes of at least 4 members (excludes halogenated alkanes) is 10. The van der Waals surface area contributed by atoms with Gasteiger partial charge in [0, 0.05) is 11.4 Å². The Morgan fingerprint density at radius 2 is 1.03 bits per heavy atom. The summed E-state index contributed by atoms with van der Waals surface area (Å²) >= 11 is 1.54. The van der Waals surface area contributed by atoms with Gasteiger partial charge in [-0.25, -0.2) is 0 Å². The number of thiophene rings is 1. The zero-order chi connectivity index (χ0) is 25.4. The first kappa shape index (κ1) is 28.2. The lowest BCUT2D eigenvalue weighted by Gasteiger charge is -2.24. The van der Waals surface area contributed by atoms with E-state index in [0.717, 1.165) is 40.4 Å². The Labute approximate surface area is 223 Å². The topological polar surface area (TPSA) is 20.3 Å². The first-order valence-corrected chi connectivity index (χ1v) is 15.1. The molecular weight excluding hydrogens is 458 g/mol. The summed E-state index contributed by atoms with van der Waals surface area (Å²) < 4.78 is 0. The number of carbonyl (C=O) groups is 1. The van der Waals surface area contributed by atoms with Crippen molar-refractivity contribution in [2.45, 2.75) is 104 Å². The van der Waals surface area contributed by atoms with Crippen molar-refractivity contribution in [1.29, 1.82) is 0 Å². The van der Waals surface area contributed by atoms with Gasteiger partial charge in [0.2, 0.25) is 0 Å². The molecule has 1 heterocycles. The smallest absolute Gasteiger partial charge is 0.160 e. The van der Waals surface area contributed by atoms with Gasteiger partial charge < -0.3 is 4.90 Å². The van der Waals surface area contributed by atoms with Gasteiger partial charge in [-0.1, -0.05) is 102 Å². The van der Waals surface area contributed by atoms with Crippen LogP contribution in [0.1, 0.15) is 112 Å². The minimum Gasteiger partial charge on any atom is -0.302 e. The largest absolute Gasteiger partial charge is 0.302 e. The monoisotopic (exact) mass is 503 g/mol. The zero-order valence-corrected chi connectivity index (χ0v) is 23.3. The fraction of sp³-hybridized carbons (Fsp3) is 0.485. The van der Waals surface area contributed by atoms with Crippen LogP contribution in [0.2, 0.25) is 0 Å². The van der Waals surface area contributed by atoms with Crippen LogP contribution >= 0.6 is 11.3 Å².